The number of urea groups is 1. The number of carbonyl (C=O) groups excluding carboxylic acids is 2. The topological polar surface area (TPSA) is 125 Å². The van der Waals surface area contributed by atoms with Gasteiger partial charge in [-0.3, -0.25) is 14.7 Å². The molecule has 0 aromatic heterocycles. The molecule has 2 aliphatic heterocycles. The van der Waals surface area contributed by atoms with E-state index in [0.29, 0.717) is 38.0 Å². The van der Waals surface area contributed by atoms with Crippen molar-refractivity contribution in [3.63, 3.8) is 0 Å². The fraction of sp³-hybridized carbons (Fsp3) is 0.607. The number of allylic oxidation sites excluding steroid dienone is 2. The molecular weight excluding hydrogens is 502 g/mol. The largest absolute Gasteiger partial charge is 0.351 e. The van der Waals surface area contributed by atoms with Gasteiger partial charge in [0.15, 0.2) is 0 Å². The number of nitrogens with two attached hydrogens (primary N) is 1. The number of nitrogens with one attached hydrogen (secondary N) is 1. The summed E-state index contributed by atoms with van der Waals surface area (Å²) < 4.78 is 28.0. The third-order valence-corrected chi connectivity index (χ3v) is 10.5. The number of nitrogens with zero attached hydrogens (tertiary/aromatic N) is 3. The predicted octanol–water partition coefficient (Wildman–Crippen LogP) is 3.58. The Morgan fingerprint density at radius 3 is 2.26 bits per heavy atom. The van der Waals surface area contributed by atoms with Gasteiger partial charge in [0.05, 0.1) is 5.75 Å². The summed E-state index contributed by atoms with van der Waals surface area (Å²) >= 11 is 0. The summed E-state index contributed by atoms with van der Waals surface area (Å²) in [7, 11) is -1.90. The van der Waals surface area contributed by atoms with Crippen LogP contribution < -0.4 is 16.0 Å². The molecule has 2 fully saturated rings. The molecule has 3 amide bonds. The van der Waals surface area contributed by atoms with Crippen molar-refractivity contribution in [3.05, 3.63) is 40.0 Å². The van der Waals surface area contributed by atoms with Gasteiger partial charge in [0, 0.05) is 31.7 Å². The zero-order chi connectivity index (χ0) is 27.8. The second-order valence-corrected chi connectivity index (χ2v) is 13.4. The van der Waals surface area contributed by atoms with Crippen LogP contribution in [0, 0.1) is 19.8 Å². The number of carbonyl (C=O) groups is 2. The minimum absolute atomic E-state index is 0.0117. The highest BCUT2D eigenvalue weighted by Gasteiger charge is 2.48. The Hall–Kier alpha value is -2.72. The van der Waals surface area contributed by atoms with E-state index >= 15 is 0 Å². The number of rotatable bonds is 6. The first kappa shape index (κ1) is 28.3. The zero-order valence-electron chi connectivity index (χ0n) is 23.3. The van der Waals surface area contributed by atoms with Gasteiger partial charge in [-0.05, 0) is 101 Å². The number of hydrogen-bond acceptors (Lipinski definition) is 5. The molecule has 3 N–H and O–H groups in total. The second kappa shape index (κ2) is 10.8. The maximum Gasteiger partial charge on any atom is 0.318 e. The van der Waals surface area contributed by atoms with Crippen molar-refractivity contribution in [3.8, 4) is 0 Å². The summed E-state index contributed by atoms with van der Waals surface area (Å²) in [4.78, 5) is 30.8. The lowest BCUT2D eigenvalue weighted by molar-refractivity contribution is -0.125. The quantitative estimate of drug-likeness (QED) is 0.532. The SMILES string of the molecule is CC(C)=C1CCC(C2=NC3(CCN(S(=O)(=O)CCc4c(C)cc(N(C)C(N)=O)cc4C)CC3)C(=O)N2)CC1. The molecule has 0 unspecified atom stereocenters. The van der Waals surface area contributed by atoms with Crippen molar-refractivity contribution < 1.29 is 18.0 Å². The smallest absolute Gasteiger partial charge is 0.318 e. The molecule has 1 aromatic carbocycles. The van der Waals surface area contributed by atoms with E-state index in [1.54, 1.807) is 7.05 Å². The van der Waals surface area contributed by atoms with E-state index in [1.165, 1.54) is 20.4 Å². The highest BCUT2D eigenvalue weighted by molar-refractivity contribution is 7.89. The van der Waals surface area contributed by atoms with Crippen LogP contribution in [0.15, 0.2) is 28.3 Å². The molecule has 10 heteroatoms. The van der Waals surface area contributed by atoms with Gasteiger partial charge >= 0.3 is 6.03 Å². The lowest BCUT2D eigenvalue weighted by Gasteiger charge is -2.34. The highest BCUT2D eigenvalue weighted by Crippen LogP contribution is 2.36. The summed E-state index contributed by atoms with van der Waals surface area (Å²) in [5, 5.41) is 3.05. The van der Waals surface area contributed by atoms with Gasteiger partial charge in [-0.1, -0.05) is 11.1 Å². The van der Waals surface area contributed by atoms with Gasteiger partial charge in [-0.15, -0.1) is 0 Å². The minimum Gasteiger partial charge on any atom is -0.351 e. The summed E-state index contributed by atoms with van der Waals surface area (Å²) in [6.45, 7) is 8.73. The normalized spacial score (nSPS) is 21.8. The molecule has 0 atom stereocenters. The minimum atomic E-state index is -3.50. The molecule has 1 saturated carbocycles. The van der Waals surface area contributed by atoms with Crippen LogP contribution in [-0.2, 0) is 21.2 Å². The number of amides is 3. The number of primary amides is 1. The van der Waals surface area contributed by atoms with Crippen LogP contribution >= 0.6 is 0 Å². The highest BCUT2D eigenvalue weighted by atomic mass is 32.2. The van der Waals surface area contributed by atoms with E-state index in [2.05, 4.69) is 19.2 Å². The van der Waals surface area contributed by atoms with E-state index in [1.807, 2.05) is 26.0 Å². The van der Waals surface area contributed by atoms with Gasteiger partial charge in [0.2, 0.25) is 10.0 Å². The molecule has 3 aliphatic rings. The maximum atomic E-state index is 13.2. The molecule has 1 aromatic rings. The zero-order valence-corrected chi connectivity index (χ0v) is 24.1. The first-order chi connectivity index (χ1) is 17.8. The lowest BCUT2D eigenvalue weighted by Crippen LogP contribution is -2.51. The Morgan fingerprint density at radius 1 is 1.16 bits per heavy atom. The van der Waals surface area contributed by atoms with Gasteiger partial charge < -0.3 is 11.1 Å². The third-order valence-electron chi connectivity index (χ3n) is 8.63. The molecule has 1 saturated heterocycles. The molecular formula is C28H41N5O4S. The molecule has 208 valence electrons. The molecule has 1 spiro atoms. The number of sulfonamides is 1. The Bertz CT molecular complexity index is 1260. The molecule has 1 aliphatic carbocycles. The molecule has 4 rings (SSSR count). The van der Waals surface area contributed by atoms with Crippen LogP contribution in [0.25, 0.3) is 0 Å². The number of anilines is 1. The predicted molar refractivity (Wildman–Crippen MR) is 151 cm³/mol. The van der Waals surface area contributed by atoms with Crippen molar-refractivity contribution in [2.45, 2.75) is 78.2 Å². The third kappa shape index (κ3) is 5.66. The van der Waals surface area contributed by atoms with Crippen LogP contribution in [0.4, 0.5) is 10.5 Å². The summed E-state index contributed by atoms with van der Waals surface area (Å²) in [6, 6.07) is 3.16. The number of aliphatic imine (C=N–C) groups is 1. The lowest BCUT2D eigenvalue weighted by atomic mass is 9.83. The van der Waals surface area contributed by atoms with Crippen molar-refractivity contribution >= 4 is 33.5 Å². The number of benzene rings is 1. The number of aryl methyl sites for hydroxylation is 2. The van der Waals surface area contributed by atoms with Crippen molar-refractivity contribution in [2.75, 3.05) is 30.8 Å². The van der Waals surface area contributed by atoms with Crippen LogP contribution in [0.5, 0.6) is 0 Å². The standard InChI is InChI=1S/C28H41N5O4S/c1-18(2)21-6-8-22(9-7-21)25-30-26(34)28(31-25)11-13-33(14-12-28)38(36,37)15-10-24-19(3)16-23(17-20(24)4)32(5)27(29)35/h16-17,22H,6-15H2,1-5H3,(H2,29,35)(H,30,31,34). The molecule has 0 bridgehead atoms. The average Bonchev–Trinajstić information content (AvgIpc) is 3.18. The van der Waals surface area contributed by atoms with Gasteiger partial charge in [-0.2, -0.15) is 0 Å². The summed E-state index contributed by atoms with van der Waals surface area (Å²) in [6.07, 6.45) is 5.26. The van der Waals surface area contributed by atoms with Crippen LogP contribution in [0.3, 0.4) is 0 Å². The number of hydrogen-bond donors (Lipinski definition) is 2. The van der Waals surface area contributed by atoms with Crippen LogP contribution in [0.1, 0.15) is 69.1 Å². The summed E-state index contributed by atoms with van der Waals surface area (Å²) in [5.41, 5.74) is 10.9. The van der Waals surface area contributed by atoms with Crippen LogP contribution in [-0.4, -0.2) is 61.9 Å². The van der Waals surface area contributed by atoms with E-state index in [9.17, 15) is 18.0 Å². The fourth-order valence-corrected chi connectivity index (χ4v) is 7.45. The van der Waals surface area contributed by atoms with E-state index in [4.69, 9.17) is 10.7 Å². The number of piperidine rings is 1. The summed E-state index contributed by atoms with van der Waals surface area (Å²) in [5.74, 6) is 0.978. The Morgan fingerprint density at radius 2 is 1.74 bits per heavy atom. The van der Waals surface area contributed by atoms with Crippen molar-refractivity contribution in [1.29, 1.82) is 0 Å². The Kier molecular flexibility index (Phi) is 8.04. The molecule has 38 heavy (non-hydrogen) atoms. The van der Waals surface area contributed by atoms with Crippen LogP contribution in [0.2, 0.25) is 0 Å². The molecule has 9 nitrogen and oxygen atoms in total. The first-order valence-corrected chi connectivity index (χ1v) is 15.1. The monoisotopic (exact) mass is 543 g/mol. The maximum absolute atomic E-state index is 13.2. The first-order valence-electron chi connectivity index (χ1n) is 13.5. The van der Waals surface area contributed by atoms with Gasteiger partial charge in [0.25, 0.3) is 5.91 Å². The van der Waals surface area contributed by atoms with Crippen molar-refractivity contribution in [2.24, 2.45) is 16.6 Å². The number of amidine groups is 1. The molecule has 2 heterocycles. The fourth-order valence-electron chi connectivity index (χ4n) is 5.99. The Labute approximate surface area is 226 Å². The van der Waals surface area contributed by atoms with E-state index < -0.39 is 21.6 Å². The van der Waals surface area contributed by atoms with Gasteiger partial charge in [0.1, 0.15) is 11.4 Å². The average molecular weight is 544 g/mol. The van der Waals surface area contributed by atoms with E-state index in [-0.39, 0.29) is 17.6 Å². The van der Waals surface area contributed by atoms with E-state index in [0.717, 1.165) is 48.2 Å². The Balaban J connectivity index is 1.38. The second-order valence-electron chi connectivity index (χ2n) is 11.3. The van der Waals surface area contributed by atoms with Crippen molar-refractivity contribution in [1.82, 2.24) is 9.62 Å². The molecule has 0 radical (unpaired) electrons. The van der Waals surface area contributed by atoms with Gasteiger partial charge in [-0.25, -0.2) is 17.5 Å².